The average molecular weight is 285 g/mol. The van der Waals surface area contributed by atoms with Crippen molar-refractivity contribution in [2.75, 3.05) is 33.7 Å². The number of nitrogens with one attached hydrogen (secondary N) is 1. The van der Waals surface area contributed by atoms with E-state index in [4.69, 9.17) is 0 Å². The molecule has 0 amide bonds. The number of likely N-dealkylation sites (N-methyl/N-ethyl adjacent to an activating group) is 1. The van der Waals surface area contributed by atoms with E-state index in [2.05, 4.69) is 57.5 Å². The van der Waals surface area contributed by atoms with Crippen molar-refractivity contribution in [2.24, 2.45) is 0 Å². The molecule has 0 aliphatic heterocycles. The van der Waals surface area contributed by atoms with Crippen molar-refractivity contribution in [2.45, 2.75) is 12.8 Å². The maximum atomic E-state index is 3.45. The van der Waals surface area contributed by atoms with Gasteiger partial charge in [-0.05, 0) is 57.7 Å². The van der Waals surface area contributed by atoms with Crippen LogP contribution in [0.3, 0.4) is 0 Å². The molecule has 0 bridgehead atoms. The van der Waals surface area contributed by atoms with Crippen molar-refractivity contribution in [3.05, 3.63) is 34.3 Å². The predicted molar refractivity (Wildman–Crippen MR) is 73.9 cm³/mol. The van der Waals surface area contributed by atoms with Crippen LogP contribution in [0.4, 0.5) is 0 Å². The second-order valence-corrected chi connectivity index (χ2v) is 5.05. The van der Waals surface area contributed by atoms with Crippen molar-refractivity contribution in [1.82, 2.24) is 10.2 Å². The summed E-state index contributed by atoms with van der Waals surface area (Å²) >= 11 is 3.45. The molecule has 90 valence electrons. The van der Waals surface area contributed by atoms with Crippen LogP contribution in [0, 0.1) is 0 Å². The second kappa shape index (κ2) is 7.82. The number of hydrogen-bond donors (Lipinski definition) is 1. The molecule has 0 fully saturated rings. The van der Waals surface area contributed by atoms with E-state index in [1.165, 1.54) is 12.0 Å². The Labute approximate surface area is 107 Å². The van der Waals surface area contributed by atoms with Crippen LogP contribution in [0.2, 0.25) is 0 Å². The van der Waals surface area contributed by atoms with E-state index >= 15 is 0 Å². The van der Waals surface area contributed by atoms with Gasteiger partial charge in [-0.25, -0.2) is 0 Å². The zero-order valence-electron chi connectivity index (χ0n) is 10.2. The molecule has 0 heterocycles. The van der Waals surface area contributed by atoms with Crippen LogP contribution in [0.5, 0.6) is 0 Å². The number of benzene rings is 1. The van der Waals surface area contributed by atoms with Gasteiger partial charge < -0.3 is 10.2 Å². The highest BCUT2D eigenvalue weighted by Gasteiger charge is 1.99. The van der Waals surface area contributed by atoms with Gasteiger partial charge in [0.15, 0.2) is 0 Å². The van der Waals surface area contributed by atoms with Gasteiger partial charge in [0.2, 0.25) is 0 Å². The van der Waals surface area contributed by atoms with E-state index in [9.17, 15) is 0 Å². The first-order valence-electron chi connectivity index (χ1n) is 5.80. The third-order valence-corrected chi connectivity index (χ3v) is 3.19. The highest BCUT2D eigenvalue weighted by atomic mass is 79.9. The van der Waals surface area contributed by atoms with Crippen molar-refractivity contribution in [3.63, 3.8) is 0 Å². The van der Waals surface area contributed by atoms with Crippen LogP contribution < -0.4 is 5.32 Å². The van der Waals surface area contributed by atoms with Crippen LogP contribution in [0.25, 0.3) is 0 Å². The first kappa shape index (κ1) is 13.7. The summed E-state index contributed by atoms with van der Waals surface area (Å²) in [7, 11) is 4.19. The highest BCUT2D eigenvalue weighted by molar-refractivity contribution is 9.10. The van der Waals surface area contributed by atoms with Crippen molar-refractivity contribution < 1.29 is 0 Å². The summed E-state index contributed by atoms with van der Waals surface area (Å²) in [5.41, 5.74) is 1.41. The van der Waals surface area contributed by atoms with Gasteiger partial charge in [-0.1, -0.05) is 28.1 Å². The molecule has 2 nitrogen and oxygen atoms in total. The molecular formula is C13H21BrN2. The van der Waals surface area contributed by atoms with Crippen molar-refractivity contribution in [3.8, 4) is 0 Å². The molecule has 0 unspecified atom stereocenters. The molecule has 1 rings (SSSR count). The quantitative estimate of drug-likeness (QED) is 0.774. The van der Waals surface area contributed by atoms with Gasteiger partial charge in [0, 0.05) is 11.0 Å². The fraction of sp³-hybridized carbons (Fsp3) is 0.538. The van der Waals surface area contributed by atoms with Gasteiger partial charge in [-0.3, -0.25) is 0 Å². The van der Waals surface area contributed by atoms with E-state index < -0.39 is 0 Å². The van der Waals surface area contributed by atoms with Gasteiger partial charge in [-0.2, -0.15) is 0 Å². The molecule has 16 heavy (non-hydrogen) atoms. The molecule has 0 aromatic heterocycles. The van der Waals surface area contributed by atoms with E-state index in [0.29, 0.717) is 0 Å². The zero-order chi connectivity index (χ0) is 11.8. The average Bonchev–Trinajstić information content (AvgIpc) is 2.29. The second-order valence-electron chi connectivity index (χ2n) is 4.14. The first-order valence-corrected chi connectivity index (χ1v) is 6.59. The van der Waals surface area contributed by atoms with Crippen LogP contribution >= 0.6 is 15.9 Å². The molecule has 1 aromatic rings. The standard InChI is InChI=1S/C13H21BrN2/c1-15-9-3-10-16(2)11-8-12-4-6-13(14)7-5-12/h4-7,15H,3,8-11H2,1-2H3. The van der Waals surface area contributed by atoms with Gasteiger partial charge in [-0.15, -0.1) is 0 Å². The Balaban J connectivity index is 2.20. The Kier molecular flexibility index (Phi) is 6.69. The Bertz CT molecular complexity index is 284. The van der Waals surface area contributed by atoms with Crippen molar-refractivity contribution in [1.29, 1.82) is 0 Å². The molecule has 0 aliphatic carbocycles. The Hall–Kier alpha value is -0.380. The molecule has 3 heteroatoms. The largest absolute Gasteiger partial charge is 0.320 e. The SMILES string of the molecule is CNCCCN(C)CCc1ccc(Br)cc1. The zero-order valence-corrected chi connectivity index (χ0v) is 11.8. The van der Waals surface area contributed by atoms with Gasteiger partial charge in [0.1, 0.15) is 0 Å². The van der Waals surface area contributed by atoms with Crippen molar-refractivity contribution >= 4 is 15.9 Å². The maximum Gasteiger partial charge on any atom is 0.0175 e. The van der Waals surface area contributed by atoms with Gasteiger partial charge in [0.25, 0.3) is 0 Å². The lowest BCUT2D eigenvalue weighted by Gasteiger charge is -2.16. The van der Waals surface area contributed by atoms with E-state index in [-0.39, 0.29) is 0 Å². The summed E-state index contributed by atoms with van der Waals surface area (Å²) in [5, 5.41) is 3.17. The van der Waals surface area contributed by atoms with Crippen LogP contribution in [-0.2, 0) is 6.42 Å². The monoisotopic (exact) mass is 284 g/mol. The minimum absolute atomic E-state index is 1.10. The number of nitrogens with zero attached hydrogens (tertiary/aromatic N) is 1. The van der Waals surface area contributed by atoms with Gasteiger partial charge >= 0.3 is 0 Å². The molecule has 1 aromatic carbocycles. The molecule has 1 N–H and O–H groups in total. The third kappa shape index (κ3) is 5.64. The fourth-order valence-corrected chi connectivity index (χ4v) is 1.87. The summed E-state index contributed by atoms with van der Waals surface area (Å²) in [6.45, 7) is 3.39. The van der Waals surface area contributed by atoms with E-state index in [1.54, 1.807) is 0 Å². The minimum atomic E-state index is 1.10. The van der Waals surface area contributed by atoms with E-state index in [0.717, 1.165) is 30.5 Å². The van der Waals surface area contributed by atoms with Crippen LogP contribution in [0.1, 0.15) is 12.0 Å². The number of rotatable bonds is 7. The fourth-order valence-electron chi connectivity index (χ4n) is 1.61. The Morgan fingerprint density at radius 2 is 1.88 bits per heavy atom. The van der Waals surface area contributed by atoms with E-state index in [1.807, 2.05) is 7.05 Å². The summed E-state index contributed by atoms with van der Waals surface area (Å²) in [6, 6.07) is 8.59. The molecule has 0 atom stereocenters. The number of hydrogen-bond acceptors (Lipinski definition) is 2. The minimum Gasteiger partial charge on any atom is -0.320 e. The normalized spacial score (nSPS) is 11.0. The lowest BCUT2D eigenvalue weighted by atomic mass is 10.1. The van der Waals surface area contributed by atoms with Crippen LogP contribution in [-0.4, -0.2) is 38.6 Å². The Morgan fingerprint density at radius 1 is 1.19 bits per heavy atom. The van der Waals surface area contributed by atoms with Crippen LogP contribution in [0.15, 0.2) is 28.7 Å². The lowest BCUT2D eigenvalue weighted by molar-refractivity contribution is 0.332. The molecular weight excluding hydrogens is 264 g/mol. The number of halogens is 1. The summed E-state index contributed by atoms with van der Waals surface area (Å²) in [6.07, 6.45) is 2.34. The molecule has 0 saturated carbocycles. The molecule has 0 spiro atoms. The highest BCUT2D eigenvalue weighted by Crippen LogP contribution is 2.11. The summed E-state index contributed by atoms with van der Waals surface area (Å²) in [4.78, 5) is 2.39. The topological polar surface area (TPSA) is 15.3 Å². The lowest BCUT2D eigenvalue weighted by Crippen LogP contribution is -2.24. The third-order valence-electron chi connectivity index (χ3n) is 2.66. The predicted octanol–water partition coefficient (Wildman–Crippen LogP) is 2.53. The molecule has 0 radical (unpaired) electrons. The maximum absolute atomic E-state index is 3.45. The van der Waals surface area contributed by atoms with Gasteiger partial charge in [0.05, 0.1) is 0 Å². The Morgan fingerprint density at radius 3 is 2.50 bits per heavy atom. The molecule has 0 saturated heterocycles. The first-order chi connectivity index (χ1) is 7.72. The summed E-state index contributed by atoms with van der Waals surface area (Å²) < 4.78 is 1.15. The smallest absolute Gasteiger partial charge is 0.0175 e. The molecule has 0 aliphatic rings. The summed E-state index contributed by atoms with van der Waals surface area (Å²) in [5.74, 6) is 0.